The number of alkyl halides is 3. The van der Waals surface area contributed by atoms with Crippen molar-refractivity contribution in [2.45, 2.75) is 6.18 Å². The third kappa shape index (κ3) is 3.54. The molecule has 0 aliphatic rings. The third-order valence-electron chi connectivity index (χ3n) is 0.933. The van der Waals surface area contributed by atoms with Crippen LogP contribution in [0.4, 0.5) is 13.2 Å². The first kappa shape index (κ1) is 9.87. The zero-order valence-corrected chi connectivity index (χ0v) is 5.56. The van der Waals surface area contributed by atoms with Crippen molar-refractivity contribution < 1.29 is 13.2 Å². The summed E-state index contributed by atoms with van der Waals surface area (Å²) in [4.78, 5) is 9.46. The van der Waals surface area contributed by atoms with Gasteiger partial charge in [0.05, 0.1) is 5.57 Å². The van der Waals surface area contributed by atoms with Gasteiger partial charge in [0.1, 0.15) is 6.54 Å². The number of hydrogen-bond donors (Lipinski definition) is 0. The highest BCUT2D eigenvalue weighted by Gasteiger charge is 2.30. The molecule has 0 fully saturated rings. The van der Waals surface area contributed by atoms with Crippen LogP contribution in [0.2, 0.25) is 0 Å². The van der Waals surface area contributed by atoms with Gasteiger partial charge in [0, 0.05) is 0 Å². The van der Waals surface area contributed by atoms with Gasteiger partial charge in [-0.15, -0.1) is 0 Å². The first-order valence-electron chi connectivity index (χ1n) is 2.71. The van der Waals surface area contributed by atoms with Crippen LogP contribution in [0.5, 0.6) is 0 Å². The lowest BCUT2D eigenvalue weighted by atomic mass is 10.2. The van der Waals surface area contributed by atoms with E-state index in [4.69, 9.17) is 0 Å². The summed E-state index contributed by atoms with van der Waals surface area (Å²) in [7, 11) is 0. The van der Waals surface area contributed by atoms with E-state index < -0.39 is 18.3 Å². The number of hydrogen-bond acceptors (Lipinski definition) is 2. The lowest BCUT2D eigenvalue weighted by Crippen LogP contribution is -2.09. The number of allylic oxidation sites excluding steroid dienone is 2. The van der Waals surface area contributed by atoms with E-state index in [1.807, 2.05) is 0 Å². The van der Waals surface area contributed by atoms with Crippen LogP contribution in [0.15, 0.2) is 29.5 Å². The molecule has 0 saturated heterocycles. The molecule has 62 valence electrons. The molecular formula is C6H6F3NO. The Morgan fingerprint density at radius 2 is 2.09 bits per heavy atom. The first-order chi connectivity index (χ1) is 5.02. The van der Waals surface area contributed by atoms with Crippen LogP contribution in [0.3, 0.4) is 0 Å². The molecule has 0 unspecified atom stereocenters. The molecule has 2 nitrogen and oxygen atoms in total. The molecule has 0 aromatic heterocycles. The minimum atomic E-state index is -4.44. The first-order valence-corrected chi connectivity index (χ1v) is 2.71. The number of rotatable bonds is 3. The molecule has 0 spiro atoms. The molecule has 0 amide bonds. The Morgan fingerprint density at radius 3 is 2.36 bits per heavy atom. The number of nitroso groups, excluding NO2 is 1. The molecule has 11 heavy (non-hydrogen) atoms. The Bertz CT molecular complexity index is 183. The van der Waals surface area contributed by atoms with Crippen LogP contribution >= 0.6 is 0 Å². The van der Waals surface area contributed by atoms with E-state index in [2.05, 4.69) is 11.8 Å². The molecule has 0 atom stereocenters. The van der Waals surface area contributed by atoms with Gasteiger partial charge in [-0.1, -0.05) is 17.8 Å². The summed E-state index contributed by atoms with van der Waals surface area (Å²) in [6, 6.07) is 0. The zero-order chi connectivity index (χ0) is 8.91. The Morgan fingerprint density at radius 1 is 1.55 bits per heavy atom. The molecule has 0 N–H and O–H groups in total. The summed E-state index contributed by atoms with van der Waals surface area (Å²) in [6.45, 7) is 2.46. The third-order valence-corrected chi connectivity index (χ3v) is 0.933. The van der Waals surface area contributed by atoms with Gasteiger partial charge in [-0.05, 0) is 6.08 Å². The van der Waals surface area contributed by atoms with Crippen molar-refractivity contribution >= 4 is 0 Å². The molecule has 0 aliphatic carbocycles. The number of nitrogens with zero attached hydrogens (tertiary/aromatic N) is 1. The standard InChI is InChI=1S/C6H6F3NO/c1-2-5(3-4-10-11)6(7,8)9/h2-3H,1,4H2/b5-3+. The zero-order valence-electron chi connectivity index (χ0n) is 5.56. The average Bonchev–Trinajstić information content (AvgIpc) is 1.87. The van der Waals surface area contributed by atoms with Crippen LogP contribution in [0.25, 0.3) is 0 Å². The quantitative estimate of drug-likeness (QED) is 0.466. The Kier molecular flexibility index (Phi) is 3.50. The molecular weight excluding hydrogens is 159 g/mol. The van der Waals surface area contributed by atoms with Gasteiger partial charge in [-0.2, -0.15) is 18.1 Å². The largest absolute Gasteiger partial charge is 0.416 e. The molecule has 0 bridgehead atoms. The van der Waals surface area contributed by atoms with Gasteiger partial charge in [0.2, 0.25) is 0 Å². The summed E-state index contributed by atoms with van der Waals surface area (Å²) in [5, 5.41) is 2.26. The van der Waals surface area contributed by atoms with E-state index in [1.165, 1.54) is 0 Å². The molecule has 0 radical (unpaired) electrons. The summed E-state index contributed by atoms with van der Waals surface area (Å²) >= 11 is 0. The van der Waals surface area contributed by atoms with Crippen LogP contribution in [-0.4, -0.2) is 12.7 Å². The molecule has 0 heterocycles. The monoisotopic (exact) mass is 165 g/mol. The molecule has 0 rings (SSSR count). The maximum absolute atomic E-state index is 11.8. The van der Waals surface area contributed by atoms with E-state index in [-0.39, 0.29) is 0 Å². The van der Waals surface area contributed by atoms with Crippen molar-refractivity contribution in [2.24, 2.45) is 5.18 Å². The Labute approximate surface area is 61.4 Å². The van der Waals surface area contributed by atoms with Crippen molar-refractivity contribution in [2.75, 3.05) is 6.54 Å². The highest BCUT2D eigenvalue weighted by Crippen LogP contribution is 2.25. The van der Waals surface area contributed by atoms with Crippen molar-refractivity contribution in [1.29, 1.82) is 0 Å². The van der Waals surface area contributed by atoms with Crippen LogP contribution in [-0.2, 0) is 0 Å². The second-order valence-corrected chi connectivity index (χ2v) is 1.67. The van der Waals surface area contributed by atoms with Gasteiger partial charge >= 0.3 is 6.18 Å². The lowest BCUT2D eigenvalue weighted by molar-refractivity contribution is -0.0883. The lowest BCUT2D eigenvalue weighted by Gasteiger charge is -2.04. The highest BCUT2D eigenvalue weighted by molar-refractivity contribution is 5.21. The number of halogens is 3. The Balaban J connectivity index is 4.39. The highest BCUT2D eigenvalue weighted by atomic mass is 19.4. The van der Waals surface area contributed by atoms with Crippen LogP contribution < -0.4 is 0 Å². The normalized spacial score (nSPS) is 12.8. The van der Waals surface area contributed by atoms with E-state index in [0.717, 1.165) is 0 Å². The second-order valence-electron chi connectivity index (χ2n) is 1.67. The Hall–Kier alpha value is -1.13. The van der Waals surface area contributed by atoms with Crippen LogP contribution in [0.1, 0.15) is 0 Å². The predicted octanol–water partition coefficient (Wildman–Crippen LogP) is 2.43. The van der Waals surface area contributed by atoms with Gasteiger partial charge in [-0.25, -0.2) is 0 Å². The van der Waals surface area contributed by atoms with Gasteiger partial charge < -0.3 is 0 Å². The summed E-state index contributed by atoms with van der Waals surface area (Å²) in [5.41, 5.74) is -0.933. The summed E-state index contributed by atoms with van der Waals surface area (Å²) in [5.74, 6) is 0. The van der Waals surface area contributed by atoms with Crippen molar-refractivity contribution in [3.05, 3.63) is 29.2 Å². The molecule has 0 aromatic carbocycles. The van der Waals surface area contributed by atoms with Crippen molar-refractivity contribution in [3.63, 3.8) is 0 Å². The van der Waals surface area contributed by atoms with Crippen LogP contribution in [0, 0.1) is 4.91 Å². The molecule has 0 aliphatic heterocycles. The smallest absolute Gasteiger partial charge is 0.166 e. The SMILES string of the molecule is C=C/C(=C\CN=O)C(F)(F)F. The van der Waals surface area contributed by atoms with E-state index in [1.54, 1.807) is 0 Å². The van der Waals surface area contributed by atoms with E-state index in [9.17, 15) is 18.1 Å². The van der Waals surface area contributed by atoms with E-state index in [0.29, 0.717) is 12.2 Å². The second kappa shape index (κ2) is 3.90. The van der Waals surface area contributed by atoms with Crippen molar-refractivity contribution in [1.82, 2.24) is 0 Å². The minimum absolute atomic E-state index is 0.485. The summed E-state index contributed by atoms with van der Waals surface area (Å²) in [6.07, 6.45) is -3.11. The maximum Gasteiger partial charge on any atom is 0.416 e. The average molecular weight is 165 g/mol. The molecule has 0 saturated carbocycles. The fourth-order valence-electron chi connectivity index (χ4n) is 0.450. The summed E-state index contributed by atoms with van der Waals surface area (Å²) < 4.78 is 35.3. The molecule has 5 heteroatoms. The molecule has 0 aromatic rings. The predicted molar refractivity (Wildman–Crippen MR) is 35.0 cm³/mol. The van der Waals surface area contributed by atoms with Crippen molar-refractivity contribution in [3.8, 4) is 0 Å². The van der Waals surface area contributed by atoms with Gasteiger partial charge in [0.25, 0.3) is 0 Å². The fraction of sp³-hybridized carbons (Fsp3) is 0.333. The maximum atomic E-state index is 11.8. The van der Waals surface area contributed by atoms with Gasteiger partial charge in [0.15, 0.2) is 0 Å². The van der Waals surface area contributed by atoms with Gasteiger partial charge in [-0.3, -0.25) is 0 Å². The minimum Gasteiger partial charge on any atom is -0.166 e. The fourth-order valence-corrected chi connectivity index (χ4v) is 0.450. The van der Waals surface area contributed by atoms with E-state index >= 15 is 0 Å². The topological polar surface area (TPSA) is 29.4 Å².